The van der Waals surface area contributed by atoms with Gasteiger partial charge in [-0.1, -0.05) is 6.07 Å². The highest BCUT2D eigenvalue weighted by atomic mass is 32.2. The summed E-state index contributed by atoms with van der Waals surface area (Å²) >= 11 is 1.62. The Balaban J connectivity index is 1.86. The Labute approximate surface area is 139 Å². The normalized spacial score (nSPS) is 17.4. The lowest BCUT2D eigenvalue weighted by atomic mass is 10.1. The van der Waals surface area contributed by atoms with Crippen LogP contribution in [0.1, 0.15) is 16.5 Å². The number of carbonyl (C=O) groups excluding carboxylic acids is 1. The van der Waals surface area contributed by atoms with Crippen LogP contribution in [0.25, 0.3) is 0 Å². The van der Waals surface area contributed by atoms with Crippen molar-refractivity contribution in [1.29, 1.82) is 0 Å². The minimum atomic E-state index is -0.00611. The van der Waals surface area contributed by atoms with Crippen LogP contribution in [0.4, 0.5) is 0 Å². The second-order valence-corrected chi connectivity index (χ2v) is 6.26. The Morgan fingerprint density at radius 3 is 2.61 bits per heavy atom. The average molecular weight is 330 g/mol. The average Bonchev–Trinajstić information content (AvgIpc) is 2.96. The molecule has 23 heavy (non-hydrogen) atoms. The zero-order chi connectivity index (χ0) is 16.2. The van der Waals surface area contributed by atoms with Gasteiger partial charge in [-0.3, -0.25) is 9.78 Å². The lowest BCUT2D eigenvalue weighted by Crippen LogP contribution is -2.27. The van der Waals surface area contributed by atoms with Gasteiger partial charge in [-0.2, -0.15) is 0 Å². The van der Waals surface area contributed by atoms with Crippen LogP contribution >= 0.6 is 11.8 Å². The summed E-state index contributed by atoms with van der Waals surface area (Å²) in [5, 5.41) is -0.00611. The first-order valence-electron chi connectivity index (χ1n) is 7.24. The minimum Gasteiger partial charge on any atom is -0.497 e. The third-order valence-electron chi connectivity index (χ3n) is 3.70. The maximum absolute atomic E-state index is 12.3. The maximum Gasteiger partial charge on any atom is 0.234 e. The van der Waals surface area contributed by atoms with E-state index in [-0.39, 0.29) is 11.3 Å². The number of hydrogen-bond donors (Lipinski definition) is 0. The van der Waals surface area contributed by atoms with Crippen molar-refractivity contribution in [2.24, 2.45) is 0 Å². The summed E-state index contributed by atoms with van der Waals surface area (Å²) < 4.78 is 10.6. The van der Waals surface area contributed by atoms with Crippen molar-refractivity contribution < 1.29 is 14.3 Å². The Morgan fingerprint density at radius 2 is 2.00 bits per heavy atom. The first kappa shape index (κ1) is 15.7. The Hall–Kier alpha value is -2.21. The summed E-state index contributed by atoms with van der Waals surface area (Å²) in [6.45, 7) is 0.513. The lowest BCUT2D eigenvalue weighted by Gasteiger charge is -2.24. The van der Waals surface area contributed by atoms with Crippen molar-refractivity contribution in [2.75, 3.05) is 20.0 Å². The molecule has 1 unspecified atom stereocenters. The first-order chi connectivity index (χ1) is 11.2. The molecule has 0 aliphatic carbocycles. The minimum absolute atomic E-state index is 0.00611. The molecule has 0 radical (unpaired) electrons. The van der Waals surface area contributed by atoms with E-state index < -0.39 is 0 Å². The van der Waals surface area contributed by atoms with Gasteiger partial charge in [0.15, 0.2) is 0 Å². The molecule has 1 aliphatic rings. The Bertz CT molecular complexity index is 671. The molecule has 5 nitrogen and oxygen atoms in total. The van der Waals surface area contributed by atoms with Gasteiger partial charge in [-0.05, 0) is 23.8 Å². The molecule has 2 heterocycles. The van der Waals surface area contributed by atoms with E-state index in [9.17, 15) is 4.79 Å². The van der Waals surface area contributed by atoms with Gasteiger partial charge < -0.3 is 14.4 Å². The second-order valence-electron chi connectivity index (χ2n) is 5.19. The predicted molar refractivity (Wildman–Crippen MR) is 89.5 cm³/mol. The van der Waals surface area contributed by atoms with E-state index in [4.69, 9.17) is 9.47 Å². The second kappa shape index (κ2) is 6.91. The van der Waals surface area contributed by atoms with Gasteiger partial charge in [0.05, 0.1) is 20.0 Å². The van der Waals surface area contributed by atoms with E-state index >= 15 is 0 Å². The Kier molecular flexibility index (Phi) is 4.71. The zero-order valence-electron chi connectivity index (χ0n) is 13.1. The summed E-state index contributed by atoms with van der Waals surface area (Å²) in [6.07, 6.45) is 3.55. The summed E-state index contributed by atoms with van der Waals surface area (Å²) in [7, 11) is 3.24. The van der Waals surface area contributed by atoms with Crippen molar-refractivity contribution in [3.8, 4) is 11.5 Å². The van der Waals surface area contributed by atoms with Gasteiger partial charge in [-0.15, -0.1) is 11.8 Å². The summed E-state index contributed by atoms with van der Waals surface area (Å²) in [6, 6.07) is 9.58. The molecule has 0 spiro atoms. The van der Waals surface area contributed by atoms with Gasteiger partial charge in [0.2, 0.25) is 5.91 Å². The number of aromatic nitrogens is 1. The van der Waals surface area contributed by atoms with Crippen molar-refractivity contribution in [2.45, 2.75) is 11.9 Å². The molecule has 3 rings (SSSR count). The number of benzene rings is 1. The van der Waals surface area contributed by atoms with Crippen molar-refractivity contribution >= 4 is 17.7 Å². The van der Waals surface area contributed by atoms with Crippen LogP contribution in [0, 0.1) is 0 Å². The number of nitrogens with zero attached hydrogens (tertiary/aromatic N) is 2. The fraction of sp³-hybridized carbons (Fsp3) is 0.294. The van der Waals surface area contributed by atoms with Crippen LogP contribution in [0.15, 0.2) is 42.7 Å². The number of pyridine rings is 1. The number of carbonyl (C=O) groups is 1. The van der Waals surface area contributed by atoms with E-state index in [1.165, 1.54) is 0 Å². The molecular weight excluding hydrogens is 312 g/mol. The maximum atomic E-state index is 12.3. The van der Waals surface area contributed by atoms with Gasteiger partial charge in [0.25, 0.3) is 0 Å². The monoisotopic (exact) mass is 330 g/mol. The molecule has 1 saturated heterocycles. The lowest BCUT2D eigenvalue weighted by molar-refractivity contribution is -0.128. The number of rotatable bonds is 5. The van der Waals surface area contributed by atoms with E-state index in [0.717, 1.165) is 22.6 Å². The molecule has 1 aromatic carbocycles. The fourth-order valence-corrected chi connectivity index (χ4v) is 3.75. The van der Waals surface area contributed by atoms with Crippen LogP contribution in [-0.2, 0) is 11.3 Å². The van der Waals surface area contributed by atoms with Crippen molar-refractivity contribution in [3.63, 3.8) is 0 Å². The first-order valence-corrected chi connectivity index (χ1v) is 8.29. The van der Waals surface area contributed by atoms with Crippen molar-refractivity contribution in [1.82, 2.24) is 9.88 Å². The largest absolute Gasteiger partial charge is 0.497 e. The molecule has 0 bridgehead atoms. The summed E-state index contributed by atoms with van der Waals surface area (Å²) in [5.74, 6) is 2.06. The van der Waals surface area contributed by atoms with Gasteiger partial charge >= 0.3 is 0 Å². The molecule has 2 aromatic rings. The molecule has 1 atom stereocenters. The third-order valence-corrected chi connectivity index (χ3v) is 4.96. The number of methoxy groups -OCH3 is 2. The molecule has 1 aliphatic heterocycles. The van der Waals surface area contributed by atoms with Gasteiger partial charge in [0.1, 0.15) is 16.9 Å². The molecular formula is C17H18N2O3S. The van der Waals surface area contributed by atoms with Gasteiger partial charge in [0, 0.05) is 30.6 Å². The van der Waals surface area contributed by atoms with E-state index in [2.05, 4.69) is 4.98 Å². The molecule has 6 heteroatoms. The third kappa shape index (κ3) is 3.42. The zero-order valence-corrected chi connectivity index (χ0v) is 13.9. The summed E-state index contributed by atoms with van der Waals surface area (Å²) in [4.78, 5) is 18.3. The standard InChI is InChI=1S/C17H18N2O3S/c1-21-14-6-12(7-15(8-14)22-2)10-19-16(20)11-23-17(19)13-4-3-5-18-9-13/h3-9,17H,10-11H2,1-2H3. The predicted octanol–water partition coefficient (Wildman–Crippen LogP) is 2.87. The highest BCUT2D eigenvalue weighted by Crippen LogP contribution is 2.39. The van der Waals surface area contributed by atoms with Crippen LogP contribution < -0.4 is 9.47 Å². The van der Waals surface area contributed by atoms with Crippen LogP contribution in [-0.4, -0.2) is 35.8 Å². The van der Waals surface area contributed by atoms with Crippen molar-refractivity contribution in [3.05, 3.63) is 53.9 Å². The topological polar surface area (TPSA) is 51.7 Å². The highest BCUT2D eigenvalue weighted by Gasteiger charge is 2.33. The number of hydrogen-bond acceptors (Lipinski definition) is 5. The number of thioether (sulfide) groups is 1. The summed E-state index contributed by atoms with van der Waals surface area (Å²) in [5.41, 5.74) is 2.02. The smallest absolute Gasteiger partial charge is 0.234 e. The molecule has 1 amide bonds. The molecule has 120 valence electrons. The quantitative estimate of drug-likeness (QED) is 0.844. The van der Waals surface area contributed by atoms with Gasteiger partial charge in [-0.25, -0.2) is 0 Å². The molecule has 0 saturated carbocycles. The van der Waals surface area contributed by atoms with Crippen LogP contribution in [0.3, 0.4) is 0 Å². The fourth-order valence-electron chi connectivity index (χ4n) is 2.58. The highest BCUT2D eigenvalue weighted by molar-refractivity contribution is 8.00. The van der Waals surface area contributed by atoms with E-state index in [1.807, 2.05) is 41.4 Å². The molecule has 1 fully saturated rings. The van der Waals surface area contributed by atoms with E-state index in [0.29, 0.717) is 12.3 Å². The van der Waals surface area contributed by atoms with Crippen LogP contribution in [0.2, 0.25) is 0 Å². The van der Waals surface area contributed by atoms with E-state index in [1.54, 1.807) is 32.2 Å². The number of amides is 1. The molecule has 0 N–H and O–H groups in total. The molecule has 1 aromatic heterocycles. The Morgan fingerprint density at radius 1 is 1.26 bits per heavy atom. The van der Waals surface area contributed by atoms with Crippen LogP contribution in [0.5, 0.6) is 11.5 Å². The SMILES string of the molecule is COc1cc(CN2C(=O)CSC2c2cccnc2)cc(OC)c1. The number of ether oxygens (including phenoxy) is 2.